The molecule has 2 aromatic rings. The highest BCUT2D eigenvalue weighted by Crippen LogP contribution is 2.32. The lowest BCUT2D eigenvalue weighted by Gasteiger charge is -2.14. The number of rotatable bonds is 3. The van der Waals surface area contributed by atoms with E-state index in [9.17, 15) is 5.11 Å². The van der Waals surface area contributed by atoms with E-state index in [1.807, 2.05) is 17.7 Å². The molecule has 17 heavy (non-hydrogen) atoms. The maximum atomic E-state index is 10.3. The number of aryl methyl sites for hydroxylation is 1. The first-order valence-electron chi connectivity index (χ1n) is 5.28. The molecule has 2 rings (SSSR count). The standard InChI is InChI=1S/C12H12Cl2N2O/c1-2-16-7-6-15-12(16)11(17)8-4-3-5-9(13)10(8)14/h3-7,11,17H,2H2,1H3. The van der Waals surface area contributed by atoms with Crippen LogP contribution in [0.15, 0.2) is 30.6 Å². The van der Waals surface area contributed by atoms with Crippen molar-refractivity contribution in [2.24, 2.45) is 0 Å². The Bertz CT molecular complexity index is 525. The average Bonchev–Trinajstić information content (AvgIpc) is 2.80. The van der Waals surface area contributed by atoms with Crippen LogP contribution in [-0.2, 0) is 6.54 Å². The summed E-state index contributed by atoms with van der Waals surface area (Å²) in [5.41, 5.74) is 0.570. The van der Waals surface area contributed by atoms with Gasteiger partial charge >= 0.3 is 0 Å². The van der Waals surface area contributed by atoms with Crippen molar-refractivity contribution in [2.75, 3.05) is 0 Å². The molecule has 1 atom stereocenters. The zero-order valence-corrected chi connectivity index (χ0v) is 10.8. The Morgan fingerprint density at radius 3 is 2.88 bits per heavy atom. The van der Waals surface area contributed by atoms with Crippen molar-refractivity contribution < 1.29 is 5.11 Å². The monoisotopic (exact) mass is 270 g/mol. The summed E-state index contributed by atoms with van der Waals surface area (Å²) in [6.07, 6.45) is 2.61. The van der Waals surface area contributed by atoms with Crippen LogP contribution in [0.5, 0.6) is 0 Å². The van der Waals surface area contributed by atoms with E-state index in [2.05, 4.69) is 4.98 Å². The number of nitrogens with zero attached hydrogens (tertiary/aromatic N) is 2. The van der Waals surface area contributed by atoms with Crippen LogP contribution >= 0.6 is 23.2 Å². The van der Waals surface area contributed by atoms with Crippen molar-refractivity contribution in [3.63, 3.8) is 0 Å². The Hall–Kier alpha value is -1.03. The normalized spacial score (nSPS) is 12.7. The highest BCUT2D eigenvalue weighted by Gasteiger charge is 2.19. The summed E-state index contributed by atoms with van der Waals surface area (Å²) >= 11 is 12.0. The molecule has 0 aliphatic carbocycles. The van der Waals surface area contributed by atoms with Crippen LogP contribution in [0.4, 0.5) is 0 Å². The summed E-state index contributed by atoms with van der Waals surface area (Å²) in [5.74, 6) is 0.566. The van der Waals surface area contributed by atoms with Gasteiger partial charge in [0, 0.05) is 24.5 Å². The third-order valence-corrected chi connectivity index (χ3v) is 3.44. The molecular formula is C12H12Cl2N2O. The second-order valence-corrected chi connectivity index (χ2v) is 4.40. The fourth-order valence-electron chi connectivity index (χ4n) is 1.71. The molecule has 90 valence electrons. The smallest absolute Gasteiger partial charge is 0.142 e. The Kier molecular flexibility index (Phi) is 3.72. The van der Waals surface area contributed by atoms with E-state index in [1.165, 1.54) is 0 Å². The van der Waals surface area contributed by atoms with Gasteiger partial charge in [0.15, 0.2) is 0 Å². The van der Waals surface area contributed by atoms with Gasteiger partial charge in [-0.1, -0.05) is 35.3 Å². The fourth-order valence-corrected chi connectivity index (χ4v) is 2.12. The van der Waals surface area contributed by atoms with E-state index < -0.39 is 6.10 Å². The van der Waals surface area contributed by atoms with Crippen LogP contribution in [0.2, 0.25) is 10.0 Å². The van der Waals surface area contributed by atoms with Crippen LogP contribution in [0.25, 0.3) is 0 Å². The molecule has 0 bridgehead atoms. The number of aliphatic hydroxyl groups is 1. The highest BCUT2D eigenvalue weighted by molar-refractivity contribution is 6.42. The first-order chi connectivity index (χ1) is 8.15. The molecule has 5 heteroatoms. The molecule has 0 aliphatic rings. The number of aliphatic hydroxyl groups excluding tert-OH is 1. The second-order valence-electron chi connectivity index (χ2n) is 3.62. The van der Waals surface area contributed by atoms with Gasteiger partial charge in [0.2, 0.25) is 0 Å². The number of imidazole rings is 1. The minimum atomic E-state index is -0.865. The van der Waals surface area contributed by atoms with E-state index in [0.717, 1.165) is 6.54 Å². The van der Waals surface area contributed by atoms with Gasteiger partial charge in [-0.15, -0.1) is 0 Å². The van der Waals surface area contributed by atoms with Gasteiger partial charge in [0.05, 0.1) is 10.0 Å². The van der Waals surface area contributed by atoms with Gasteiger partial charge in [-0.2, -0.15) is 0 Å². The SMILES string of the molecule is CCn1ccnc1C(O)c1cccc(Cl)c1Cl. The average molecular weight is 271 g/mol. The summed E-state index contributed by atoms with van der Waals surface area (Å²) in [4.78, 5) is 4.15. The Balaban J connectivity index is 2.44. The number of aromatic nitrogens is 2. The van der Waals surface area contributed by atoms with Crippen molar-refractivity contribution in [1.29, 1.82) is 0 Å². The van der Waals surface area contributed by atoms with Gasteiger partial charge in [-0.3, -0.25) is 0 Å². The third-order valence-electron chi connectivity index (χ3n) is 2.61. The Morgan fingerprint density at radius 2 is 2.18 bits per heavy atom. The maximum absolute atomic E-state index is 10.3. The summed E-state index contributed by atoms with van der Waals surface area (Å²) in [5, 5.41) is 11.1. The van der Waals surface area contributed by atoms with E-state index in [1.54, 1.807) is 24.4 Å². The van der Waals surface area contributed by atoms with Gasteiger partial charge in [0.1, 0.15) is 11.9 Å². The lowest BCUT2D eigenvalue weighted by atomic mass is 10.1. The highest BCUT2D eigenvalue weighted by atomic mass is 35.5. The molecule has 0 spiro atoms. The zero-order chi connectivity index (χ0) is 12.4. The molecule has 0 saturated carbocycles. The van der Waals surface area contributed by atoms with Crippen LogP contribution < -0.4 is 0 Å². The predicted molar refractivity (Wildman–Crippen MR) is 68.4 cm³/mol. The second kappa shape index (κ2) is 5.08. The van der Waals surface area contributed by atoms with Crippen LogP contribution in [-0.4, -0.2) is 14.7 Å². The van der Waals surface area contributed by atoms with Crippen molar-refractivity contribution in [3.05, 3.63) is 52.0 Å². The first kappa shape index (κ1) is 12.4. The molecule has 0 radical (unpaired) electrons. The minimum absolute atomic E-state index is 0.368. The van der Waals surface area contributed by atoms with Crippen molar-refractivity contribution in [2.45, 2.75) is 19.6 Å². The van der Waals surface area contributed by atoms with Crippen LogP contribution in [0.1, 0.15) is 24.4 Å². The molecule has 1 aromatic heterocycles. The van der Waals surface area contributed by atoms with E-state index >= 15 is 0 Å². The molecular weight excluding hydrogens is 259 g/mol. The lowest BCUT2D eigenvalue weighted by Crippen LogP contribution is -2.09. The molecule has 0 fully saturated rings. The Morgan fingerprint density at radius 1 is 1.41 bits per heavy atom. The third kappa shape index (κ3) is 2.32. The molecule has 0 saturated heterocycles. The molecule has 0 aliphatic heterocycles. The summed E-state index contributed by atoms with van der Waals surface area (Å²) in [6.45, 7) is 2.72. The first-order valence-corrected chi connectivity index (χ1v) is 6.03. The molecule has 0 amide bonds. The zero-order valence-electron chi connectivity index (χ0n) is 9.27. The quantitative estimate of drug-likeness (QED) is 0.930. The predicted octanol–water partition coefficient (Wildman–Crippen LogP) is 3.29. The van der Waals surface area contributed by atoms with Crippen molar-refractivity contribution in [3.8, 4) is 0 Å². The molecule has 1 aromatic carbocycles. The van der Waals surface area contributed by atoms with E-state index in [0.29, 0.717) is 21.4 Å². The van der Waals surface area contributed by atoms with Gasteiger partial charge in [-0.05, 0) is 13.0 Å². The van der Waals surface area contributed by atoms with Crippen LogP contribution in [0.3, 0.4) is 0 Å². The summed E-state index contributed by atoms with van der Waals surface area (Å²) in [7, 11) is 0. The molecule has 1 unspecified atom stereocenters. The summed E-state index contributed by atoms with van der Waals surface area (Å²) < 4.78 is 1.86. The van der Waals surface area contributed by atoms with Crippen LogP contribution in [0, 0.1) is 0 Å². The van der Waals surface area contributed by atoms with Gasteiger partial charge < -0.3 is 9.67 Å². The van der Waals surface area contributed by atoms with E-state index in [4.69, 9.17) is 23.2 Å². The molecule has 1 heterocycles. The minimum Gasteiger partial charge on any atom is -0.380 e. The number of hydrogen-bond donors (Lipinski definition) is 1. The number of benzene rings is 1. The molecule has 1 N–H and O–H groups in total. The largest absolute Gasteiger partial charge is 0.380 e. The molecule has 3 nitrogen and oxygen atoms in total. The topological polar surface area (TPSA) is 38.0 Å². The lowest BCUT2D eigenvalue weighted by molar-refractivity contribution is 0.205. The number of hydrogen-bond acceptors (Lipinski definition) is 2. The Labute approximate surface area is 110 Å². The maximum Gasteiger partial charge on any atom is 0.142 e. The number of halogens is 2. The van der Waals surface area contributed by atoms with Crippen molar-refractivity contribution >= 4 is 23.2 Å². The summed E-state index contributed by atoms with van der Waals surface area (Å²) in [6, 6.07) is 5.19. The van der Waals surface area contributed by atoms with E-state index in [-0.39, 0.29) is 0 Å². The van der Waals surface area contributed by atoms with Gasteiger partial charge in [0.25, 0.3) is 0 Å². The fraction of sp³-hybridized carbons (Fsp3) is 0.250. The van der Waals surface area contributed by atoms with Crippen molar-refractivity contribution in [1.82, 2.24) is 9.55 Å². The van der Waals surface area contributed by atoms with Gasteiger partial charge in [-0.25, -0.2) is 4.98 Å².